The minimum absolute atomic E-state index is 0.0749. The van der Waals surface area contributed by atoms with Gasteiger partial charge in [-0.25, -0.2) is 4.57 Å². The average Bonchev–Trinajstić information content (AvgIpc) is 3.20. The first-order valence-corrected chi connectivity index (χ1v) is 24.6. The van der Waals surface area contributed by atoms with E-state index in [-0.39, 0.29) is 32.1 Å². The van der Waals surface area contributed by atoms with Crippen LogP contribution in [0.4, 0.5) is 0 Å². The van der Waals surface area contributed by atoms with E-state index in [1.54, 1.807) is 0 Å². The molecule has 0 fully saturated rings. The van der Waals surface area contributed by atoms with Crippen LogP contribution in [0.25, 0.3) is 0 Å². The molecule has 0 aromatic carbocycles. The summed E-state index contributed by atoms with van der Waals surface area (Å²) in [4.78, 5) is 33.9. The van der Waals surface area contributed by atoms with Crippen LogP contribution in [0.15, 0.2) is 48.6 Å². The van der Waals surface area contributed by atoms with Gasteiger partial charge in [-0.05, 0) is 57.8 Å². The van der Waals surface area contributed by atoms with Crippen molar-refractivity contribution in [2.75, 3.05) is 26.4 Å². The second-order valence-corrected chi connectivity index (χ2v) is 16.8. The number of hydrogen-bond acceptors (Lipinski definition) is 7. The fourth-order valence-corrected chi connectivity index (χ4v) is 7.00. The van der Waals surface area contributed by atoms with E-state index in [9.17, 15) is 24.2 Å². The molecule has 0 aromatic rings. The second-order valence-electron chi connectivity index (χ2n) is 15.4. The molecule has 0 aromatic heterocycles. The molecule has 10 heteroatoms. The molecule has 0 bridgehead atoms. The molecule has 0 aliphatic rings. The van der Waals surface area contributed by atoms with Crippen molar-refractivity contribution in [3.8, 4) is 0 Å². The standard InChI is InChI=1S/C47H86NO8P/c1-3-5-7-9-11-13-15-17-18-19-20-21-22-23-24-25-26-28-29-31-33-35-37-39-46(50)48-41-42-55-57(52,53)56-44-45(49)43-54-47(51)40-38-36-34-32-30-27-16-14-12-10-8-6-4-2/h11,13,17-18,20-21,23-24,45,49H,3-10,12,14-16,19,22,25-44H2,1-2H3,(H,48,50)(H,52,53)/b13-11-,18-17-,21-20-,24-23-. The third kappa shape index (κ3) is 44.9. The molecule has 3 N–H and O–H groups in total. The number of esters is 1. The van der Waals surface area contributed by atoms with Gasteiger partial charge in [0.05, 0.1) is 13.2 Å². The zero-order chi connectivity index (χ0) is 41.8. The largest absolute Gasteiger partial charge is 0.472 e. The predicted octanol–water partition coefficient (Wildman–Crippen LogP) is 13.1. The van der Waals surface area contributed by atoms with Crippen molar-refractivity contribution in [3.05, 3.63) is 48.6 Å². The van der Waals surface area contributed by atoms with Crippen LogP contribution < -0.4 is 5.32 Å². The van der Waals surface area contributed by atoms with Crippen LogP contribution in [0.1, 0.15) is 206 Å². The Hall–Kier alpha value is -2.03. The molecule has 0 rings (SSSR count). The summed E-state index contributed by atoms with van der Waals surface area (Å²) in [5.74, 6) is -0.525. The number of hydrogen-bond donors (Lipinski definition) is 3. The van der Waals surface area contributed by atoms with Crippen LogP contribution >= 0.6 is 7.82 Å². The molecule has 1 amide bonds. The quantitative estimate of drug-likeness (QED) is 0.0240. The van der Waals surface area contributed by atoms with Crippen LogP contribution in [0.5, 0.6) is 0 Å². The van der Waals surface area contributed by atoms with Gasteiger partial charge in [-0.3, -0.25) is 18.6 Å². The fourth-order valence-electron chi connectivity index (χ4n) is 6.25. The Labute approximate surface area is 349 Å². The fraction of sp³-hybridized carbons (Fsp3) is 0.787. The predicted molar refractivity (Wildman–Crippen MR) is 238 cm³/mol. The summed E-state index contributed by atoms with van der Waals surface area (Å²) in [5, 5.41) is 12.7. The Morgan fingerprint density at radius 3 is 1.46 bits per heavy atom. The molecule has 0 saturated heterocycles. The highest BCUT2D eigenvalue weighted by molar-refractivity contribution is 7.47. The van der Waals surface area contributed by atoms with Crippen LogP contribution in [0, 0.1) is 0 Å². The lowest BCUT2D eigenvalue weighted by Gasteiger charge is -2.15. The van der Waals surface area contributed by atoms with Gasteiger partial charge in [-0.1, -0.05) is 184 Å². The Bertz CT molecular complexity index is 1080. The first kappa shape index (κ1) is 55.0. The van der Waals surface area contributed by atoms with E-state index in [2.05, 4.69) is 67.8 Å². The highest BCUT2D eigenvalue weighted by Crippen LogP contribution is 2.42. The lowest BCUT2D eigenvalue weighted by atomic mass is 10.0. The van der Waals surface area contributed by atoms with Crippen LogP contribution in [0.3, 0.4) is 0 Å². The monoisotopic (exact) mass is 824 g/mol. The van der Waals surface area contributed by atoms with Crippen LogP contribution in [0.2, 0.25) is 0 Å². The molecule has 0 heterocycles. The molecule has 0 aliphatic carbocycles. The van der Waals surface area contributed by atoms with Gasteiger partial charge in [0, 0.05) is 19.4 Å². The number of phosphoric ester groups is 1. The van der Waals surface area contributed by atoms with Crippen molar-refractivity contribution in [2.24, 2.45) is 0 Å². The Morgan fingerprint density at radius 1 is 0.544 bits per heavy atom. The molecule has 2 atom stereocenters. The SMILES string of the molecule is CCCCC/C=C\C/C=C\C/C=C\C/C=C\CCCCCCCCCC(=O)NCCOP(=O)(O)OCC(O)COC(=O)CCCCCCCCCCCCCCC. The summed E-state index contributed by atoms with van der Waals surface area (Å²) in [6.07, 6.45) is 50.4. The number of unbranched alkanes of at least 4 members (excludes halogenated alkanes) is 22. The summed E-state index contributed by atoms with van der Waals surface area (Å²) >= 11 is 0. The number of ether oxygens (including phenoxy) is 1. The van der Waals surface area contributed by atoms with Gasteiger partial charge < -0.3 is 20.1 Å². The van der Waals surface area contributed by atoms with Gasteiger partial charge in [-0.15, -0.1) is 0 Å². The molecular weight excluding hydrogens is 737 g/mol. The summed E-state index contributed by atoms with van der Waals surface area (Å²) in [5.41, 5.74) is 0. The number of aliphatic hydroxyl groups is 1. The van der Waals surface area contributed by atoms with Crippen molar-refractivity contribution >= 4 is 19.7 Å². The molecule has 0 aliphatic heterocycles. The number of carbonyl (C=O) groups is 2. The molecule has 2 unspecified atom stereocenters. The molecule has 332 valence electrons. The van der Waals surface area contributed by atoms with E-state index in [1.165, 1.54) is 116 Å². The first-order valence-electron chi connectivity index (χ1n) is 23.1. The van der Waals surface area contributed by atoms with Crippen molar-refractivity contribution in [3.63, 3.8) is 0 Å². The topological polar surface area (TPSA) is 131 Å². The van der Waals surface area contributed by atoms with Gasteiger partial charge in [0.1, 0.15) is 12.7 Å². The summed E-state index contributed by atoms with van der Waals surface area (Å²) in [6, 6.07) is 0. The van der Waals surface area contributed by atoms with Crippen molar-refractivity contribution in [1.82, 2.24) is 5.32 Å². The Balaban J connectivity index is 3.60. The summed E-state index contributed by atoms with van der Waals surface area (Å²) < 4.78 is 26.9. The zero-order valence-electron chi connectivity index (χ0n) is 36.5. The van der Waals surface area contributed by atoms with E-state index in [4.69, 9.17) is 13.8 Å². The van der Waals surface area contributed by atoms with Gasteiger partial charge in [0.25, 0.3) is 0 Å². The molecular formula is C47H86NO8P. The molecule has 0 radical (unpaired) electrons. The highest BCUT2D eigenvalue weighted by Gasteiger charge is 2.23. The number of carbonyl (C=O) groups excluding carboxylic acids is 2. The maximum absolute atomic E-state index is 12.1. The average molecular weight is 824 g/mol. The number of allylic oxidation sites excluding steroid dienone is 8. The van der Waals surface area contributed by atoms with Crippen molar-refractivity contribution < 1.29 is 37.9 Å². The van der Waals surface area contributed by atoms with E-state index < -0.39 is 26.5 Å². The number of nitrogens with one attached hydrogen (secondary N) is 1. The van der Waals surface area contributed by atoms with E-state index >= 15 is 0 Å². The van der Waals surface area contributed by atoms with Gasteiger partial charge in [0.2, 0.25) is 5.91 Å². The van der Waals surface area contributed by atoms with Gasteiger partial charge in [0.15, 0.2) is 0 Å². The van der Waals surface area contributed by atoms with Crippen molar-refractivity contribution in [1.29, 1.82) is 0 Å². The van der Waals surface area contributed by atoms with Crippen LogP contribution in [-0.2, 0) is 27.9 Å². The summed E-state index contributed by atoms with van der Waals surface area (Å²) in [6.45, 7) is 3.52. The Morgan fingerprint density at radius 2 is 0.947 bits per heavy atom. The van der Waals surface area contributed by atoms with Crippen molar-refractivity contribution in [2.45, 2.75) is 213 Å². The summed E-state index contributed by atoms with van der Waals surface area (Å²) in [7, 11) is -4.42. The number of rotatable bonds is 43. The van der Waals surface area contributed by atoms with Crippen LogP contribution in [-0.4, -0.2) is 54.3 Å². The lowest BCUT2D eigenvalue weighted by molar-refractivity contribution is -0.147. The lowest BCUT2D eigenvalue weighted by Crippen LogP contribution is -2.27. The molecule has 9 nitrogen and oxygen atoms in total. The van der Waals surface area contributed by atoms with E-state index in [0.29, 0.717) is 6.42 Å². The number of aliphatic hydroxyl groups excluding tert-OH is 1. The number of phosphoric acid groups is 1. The number of amides is 1. The molecule has 0 saturated carbocycles. The van der Waals surface area contributed by atoms with E-state index in [0.717, 1.165) is 64.2 Å². The minimum atomic E-state index is -4.42. The smallest absolute Gasteiger partial charge is 0.463 e. The maximum Gasteiger partial charge on any atom is 0.472 e. The molecule has 57 heavy (non-hydrogen) atoms. The Kier molecular flexibility index (Phi) is 42.0. The third-order valence-electron chi connectivity index (χ3n) is 9.76. The normalized spacial score (nSPS) is 13.7. The molecule has 0 spiro atoms. The highest BCUT2D eigenvalue weighted by atomic mass is 31.2. The zero-order valence-corrected chi connectivity index (χ0v) is 37.4. The second kappa shape index (κ2) is 43.5. The first-order chi connectivity index (χ1) is 27.8. The maximum atomic E-state index is 12.1. The minimum Gasteiger partial charge on any atom is -0.463 e. The van der Waals surface area contributed by atoms with E-state index in [1.807, 2.05) is 0 Å². The van der Waals surface area contributed by atoms with Gasteiger partial charge >= 0.3 is 13.8 Å². The van der Waals surface area contributed by atoms with Gasteiger partial charge in [-0.2, -0.15) is 0 Å². The third-order valence-corrected chi connectivity index (χ3v) is 10.7.